The van der Waals surface area contributed by atoms with Crippen molar-refractivity contribution in [2.75, 3.05) is 0 Å². The minimum absolute atomic E-state index is 0.401. The standard InChI is InChI=1S/C23H47Cl/c1-5-7-8-9-10-11-12-13-14-15-16-17-18-20-23(24)22(19-6-2)21(3)4/h21-23H,5-20H2,1-4H3. The van der Waals surface area contributed by atoms with Gasteiger partial charge in [0.25, 0.3) is 0 Å². The van der Waals surface area contributed by atoms with Gasteiger partial charge in [-0.25, -0.2) is 0 Å². The van der Waals surface area contributed by atoms with Crippen LogP contribution in [0.25, 0.3) is 0 Å². The molecule has 0 nitrogen and oxygen atoms in total. The zero-order valence-electron chi connectivity index (χ0n) is 17.4. The van der Waals surface area contributed by atoms with E-state index in [9.17, 15) is 0 Å². The predicted octanol–water partition coefficient (Wildman–Crippen LogP) is 9.15. The maximum atomic E-state index is 6.66. The molecular weight excluding hydrogens is 312 g/mol. The van der Waals surface area contributed by atoms with Crippen LogP contribution in [0.1, 0.15) is 130 Å². The monoisotopic (exact) mass is 358 g/mol. The highest BCUT2D eigenvalue weighted by molar-refractivity contribution is 6.20. The fourth-order valence-corrected chi connectivity index (χ4v) is 4.41. The first-order valence-electron chi connectivity index (χ1n) is 11.3. The van der Waals surface area contributed by atoms with E-state index in [1.54, 1.807) is 0 Å². The number of hydrogen-bond donors (Lipinski definition) is 0. The summed E-state index contributed by atoms with van der Waals surface area (Å²) in [5.41, 5.74) is 0. The maximum Gasteiger partial charge on any atom is 0.0366 e. The normalized spacial score (nSPS) is 14.2. The molecule has 0 bridgehead atoms. The summed E-state index contributed by atoms with van der Waals surface area (Å²) in [6.45, 7) is 9.24. The Labute approximate surface area is 159 Å². The summed E-state index contributed by atoms with van der Waals surface area (Å²) in [4.78, 5) is 0. The molecule has 0 amide bonds. The summed E-state index contributed by atoms with van der Waals surface area (Å²) < 4.78 is 0. The van der Waals surface area contributed by atoms with E-state index in [0.717, 1.165) is 5.92 Å². The molecule has 0 aromatic heterocycles. The average Bonchev–Trinajstić information content (AvgIpc) is 2.56. The van der Waals surface area contributed by atoms with Crippen LogP contribution >= 0.6 is 11.6 Å². The topological polar surface area (TPSA) is 0 Å². The SMILES string of the molecule is CCCCCCCCCCCCCCCC(Cl)C(CCC)C(C)C. The Hall–Kier alpha value is 0.290. The highest BCUT2D eigenvalue weighted by Gasteiger charge is 2.21. The van der Waals surface area contributed by atoms with Crippen LogP contribution in [0.15, 0.2) is 0 Å². The smallest absolute Gasteiger partial charge is 0.0366 e. The molecule has 24 heavy (non-hydrogen) atoms. The molecule has 0 fully saturated rings. The van der Waals surface area contributed by atoms with Crippen molar-refractivity contribution in [1.82, 2.24) is 0 Å². The Morgan fingerprint density at radius 1 is 0.542 bits per heavy atom. The van der Waals surface area contributed by atoms with E-state index in [2.05, 4.69) is 27.7 Å². The van der Waals surface area contributed by atoms with Crippen LogP contribution in [-0.2, 0) is 0 Å². The second-order valence-corrected chi connectivity index (χ2v) is 8.80. The van der Waals surface area contributed by atoms with Gasteiger partial charge in [-0.1, -0.05) is 118 Å². The van der Waals surface area contributed by atoms with Crippen molar-refractivity contribution in [3.8, 4) is 0 Å². The van der Waals surface area contributed by atoms with Crippen LogP contribution < -0.4 is 0 Å². The molecule has 0 aromatic rings. The fourth-order valence-electron chi connectivity index (χ4n) is 3.84. The van der Waals surface area contributed by atoms with Gasteiger partial charge in [0, 0.05) is 5.38 Å². The highest BCUT2D eigenvalue weighted by atomic mass is 35.5. The van der Waals surface area contributed by atoms with E-state index in [0.29, 0.717) is 11.3 Å². The summed E-state index contributed by atoms with van der Waals surface area (Å²) in [7, 11) is 0. The fraction of sp³-hybridized carbons (Fsp3) is 1.00. The number of alkyl halides is 1. The molecule has 2 atom stereocenters. The van der Waals surface area contributed by atoms with E-state index in [1.165, 1.54) is 103 Å². The number of unbranched alkanes of at least 4 members (excludes halogenated alkanes) is 12. The molecule has 0 aliphatic carbocycles. The van der Waals surface area contributed by atoms with Crippen LogP contribution in [-0.4, -0.2) is 5.38 Å². The van der Waals surface area contributed by atoms with E-state index < -0.39 is 0 Å². The summed E-state index contributed by atoms with van der Waals surface area (Å²) in [5, 5.41) is 0.401. The molecule has 0 rings (SSSR count). The van der Waals surface area contributed by atoms with Gasteiger partial charge in [-0.15, -0.1) is 11.6 Å². The van der Waals surface area contributed by atoms with Gasteiger partial charge < -0.3 is 0 Å². The molecule has 0 saturated carbocycles. The quantitative estimate of drug-likeness (QED) is 0.169. The van der Waals surface area contributed by atoms with Gasteiger partial charge in [0.2, 0.25) is 0 Å². The first kappa shape index (κ1) is 24.3. The van der Waals surface area contributed by atoms with Crippen molar-refractivity contribution in [1.29, 1.82) is 0 Å². The minimum atomic E-state index is 0.401. The Morgan fingerprint density at radius 2 is 0.958 bits per heavy atom. The van der Waals surface area contributed by atoms with E-state index in [1.807, 2.05) is 0 Å². The third kappa shape index (κ3) is 14.6. The van der Waals surface area contributed by atoms with Gasteiger partial charge in [0.15, 0.2) is 0 Å². The molecule has 2 unspecified atom stereocenters. The van der Waals surface area contributed by atoms with Crippen molar-refractivity contribution in [3.05, 3.63) is 0 Å². The molecule has 1 heteroatoms. The lowest BCUT2D eigenvalue weighted by Crippen LogP contribution is -2.20. The average molecular weight is 359 g/mol. The zero-order valence-corrected chi connectivity index (χ0v) is 18.2. The van der Waals surface area contributed by atoms with Gasteiger partial charge in [-0.05, 0) is 24.7 Å². The van der Waals surface area contributed by atoms with Gasteiger partial charge in [0.05, 0.1) is 0 Å². The zero-order chi connectivity index (χ0) is 18.0. The molecule has 0 aliphatic heterocycles. The highest BCUT2D eigenvalue weighted by Crippen LogP contribution is 2.28. The van der Waals surface area contributed by atoms with Crippen molar-refractivity contribution >= 4 is 11.6 Å². The second-order valence-electron chi connectivity index (χ2n) is 8.24. The Morgan fingerprint density at radius 3 is 1.33 bits per heavy atom. The summed E-state index contributed by atoms with van der Waals surface area (Å²) in [6.07, 6.45) is 22.4. The number of rotatable bonds is 18. The van der Waals surface area contributed by atoms with E-state index >= 15 is 0 Å². The lowest BCUT2D eigenvalue weighted by Gasteiger charge is -2.25. The van der Waals surface area contributed by atoms with Crippen LogP contribution in [0.5, 0.6) is 0 Å². The van der Waals surface area contributed by atoms with Crippen LogP contribution in [0, 0.1) is 11.8 Å². The molecule has 0 heterocycles. The number of halogens is 1. The summed E-state index contributed by atoms with van der Waals surface area (Å²) in [5.74, 6) is 1.45. The molecule has 0 N–H and O–H groups in total. The molecule has 0 aromatic carbocycles. The third-order valence-corrected chi connectivity index (χ3v) is 6.07. The second kappa shape index (κ2) is 18.1. The molecular formula is C23H47Cl. The molecule has 0 saturated heterocycles. The molecule has 0 radical (unpaired) electrons. The van der Waals surface area contributed by atoms with Gasteiger partial charge >= 0.3 is 0 Å². The minimum Gasteiger partial charge on any atom is -0.123 e. The van der Waals surface area contributed by atoms with Crippen LogP contribution in [0.2, 0.25) is 0 Å². The molecule has 146 valence electrons. The summed E-state index contributed by atoms with van der Waals surface area (Å²) >= 11 is 6.66. The van der Waals surface area contributed by atoms with Crippen molar-refractivity contribution in [3.63, 3.8) is 0 Å². The Balaban J connectivity index is 3.35. The number of hydrogen-bond acceptors (Lipinski definition) is 0. The largest absolute Gasteiger partial charge is 0.123 e. The van der Waals surface area contributed by atoms with Crippen molar-refractivity contribution in [2.24, 2.45) is 11.8 Å². The lowest BCUT2D eigenvalue weighted by atomic mass is 9.86. The van der Waals surface area contributed by atoms with Crippen molar-refractivity contribution < 1.29 is 0 Å². The third-order valence-electron chi connectivity index (χ3n) is 5.53. The van der Waals surface area contributed by atoms with Gasteiger partial charge in [-0.3, -0.25) is 0 Å². The predicted molar refractivity (Wildman–Crippen MR) is 113 cm³/mol. The first-order valence-corrected chi connectivity index (χ1v) is 11.7. The summed E-state index contributed by atoms with van der Waals surface area (Å²) in [6, 6.07) is 0. The van der Waals surface area contributed by atoms with E-state index in [-0.39, 0.29) is 0 Å². The van der Waals surface area contributed by atoms with Gasteiger partial charge in [0.1, 0.15) is 0 Å². The van der Waals surface area contributed by atoms with Gasteiger partial charge in [-0.2, -0.15) is 0 Å². The van der Waals surface area contributed by atoms with E-state index in [4.69, 9.17) is 11.6 Å². The Bertz CT molecular complexity index is 236. The lowest BCUT2D eigenvalue weighted by molar-refractivity contribution is 0.327. The first-order chi connectivity index (χ1) is 11.6. The van der Waals surface area contributed by atoms with Crippen LogP contribution in [0.3, 0.4) is 0 Å². The molecule has 0 aliphatic rings. The van der Waals surface area contributed by atoms with Crippen LogP contribution in [0.4, 0.5) is 0 Å². The van der Waals surface area contributed by atoms with Crippen molar-refractivity contribution in [2.45, 2.75) is 136 Å². The maximum absolute atomic E-state index is 6.66. The molecule has 0 spiro atoms. The Kier molecular flexibility index (Phi) is 18.3.